The minimum atomic E-state index is 0.907. The largest absolute Gasteiger partial charge is 0.385 e. The van der Waals surface area contributed by atoms with Gasteiger partial charge in [-0.05, 0) is 31.7 Å². The molecule has 0 amide bonds. The van der Waals surface area contributed by atoms with Gasteiger partial charge in [0.1, 0.15) is 0 Å². The van der Waals surface area contributed by atoms with Crippen molar-refractivity contribution in [2.24, 2.45) is 0 Å². The zero-order valence-corrected chi connectivity index (χ0v) is 9.96. The van der Waals surface area contributed by atoms with Crippen LogP contribution in [-0.2, 0) is 11.2 Å². The molecule has 0 aliphatic rings. The van der Waals surface area contributed by atoms with E-state index in [2.05, 4.69) is 31.2 Å². The summed E-state index contributed by atoms with van der Waals surface area (Å²) in [5, 5.41) is 0. The van der Waals surface area contributed by atoms with E-state index in [-0.39, 0.29) is 0 Å². The Hall–Kier alpha value is -0.820. The molecule has 1 rings (SSSR count). The fourth-order valence-corrected chi connectivity index (χ4v) is 1.68. The molecule has 0 radical (unpaired) electrons. The Bertz CT molecular complexity index is 251. The van der Waals surface area contributed by atoms with Gasteiger partial charge in [0, 0.05) is 13.7 Å². The van der Waals surface area contributed by atoms with Crippen LogP contribution in [0.5, 0.6) is 0 Å². The maximum Gasteiger partial charge on any atom is 0.0462 e. The lowest BCUT2D eigenvalue weighted by Gasteiger charge is -2.02. The van der Waals surface area contributed by atoms with Crippen LogP contribution in [0, 0.1) is 6.92 Å². The summed E-state index contributed by atoms with van der Waals surface area (Å²) >= 11 is 0. The minimum absolute atomic E-state index is 0.907. The fraction of sp³-hybridized carbons (Fsp3) is 0.571. The third-order valence-electron chi connectivity index (χ3n) is 2.68. The molecule has 0 saturated heterocycles. The Morgan fingerprint density at radius 1 is 0.933 bits per heavy atom. The van der Waals surface area contributed by atoms with Crippen LogP contribution >= 0.6 is 0 Å². The van der Waals surface area contributed by atoms with Crippen molar-refractivity contribution >= 4 is 0 Å². The van der Waals surface area contributed by atoms with Gasteiger partial charge in [0.25, 0.3) is 0 Å². The summed E-state index contributed by atoms with van der Waals surface area (Å²) in [6.45, 7) is 3.04. The summed E-state index contributed by atoms with van der Waals surface area (Å²) in [6, 6.07) is 8.87. The SMILES string of the molecule is COCCCCCCc1ccc(C)cc1. The van der Waals surface area contributed by atoms with Crippen LogP contribution in [0.3, 0.4) is 0 Å². The molecule has 0 N–H and O–H groups in total. The van der Waals surface area contributed by atoms with E-state index in [0.29, 0.717) is 0 Å². The van der Waals surface area contributed by atoms with Gasteiger partial charge in [-0.3, -0.25) is 0 Å². The normalized spacial score (nSPS) is 10.5. The lowest BCUT2D eigenvalue weighted by Crippen LogP contribution is -1.90. The predicted octanol–water partition coefficient (Wildman–Crippen LogP) is 3.74. The van der Waals surface area contributed by atoms with Crippen LogP contribution in [0.4, 0.5) is 0 Å². The standard InChI is InChI=1S/C14H22O/c1-13-8-10-14(11-9-13)7-5-3-4-6-12-15-2/h8-11H,3-7,12H2,1-2H3. The Balaban J connectivity index is 2.07. The van der Waals surface area contributed by atoms with Crippen molar-refractivity contribution < 1.29 is 4.74 Å². The van der Waals surface area contributed by atoms with Gasteiger partial charge in [0.2, 0.25) is 0 Å². The van der Waals surface area contributed by atoms with Crippen LogP contribution in [0.1, 0.15) is 36.8 Å². The lowest BCUT2D eigenvalue weighted by molar-refractivity contribution is 0.192. The van der Waals surface area contributed by atoms with Gasteiger partial charge in [-0.15, -0.1) is 0 Å². The van der Waals surface area contributed by atoms with Crippen LogP contribution in [0.25, 0.3) is 0 Å². The molecule has 0 unspecified atom stereocenters. The molecule has 1 nitrogen and oxygen atoms in total. The van der Waals surface area contributed by atoms with Gasteiger partial charge in [-0.1, -0.05) is 42.7 Å². The van der Waals surface area contributed by atoms with Gasteiger partial charge >= 0.3 is 0 Å². The average molecular weight is 206 g/mol. The van der Waals surface area contributed by atoms with E-state index < -0.39 is 0 Å². The van der Waals surface area contributed by atoms with Gasteiger partial charge in [-0.25, -0.2) is 0 Å². The number of ether oxygens (including phenoxy) is 1. The zero-order chi connectivity index (χ0) is 10.9. The smallest absolute Gasteiger partial charge is 0.0462 e. The molecule has 0 aliphatic heterocycles. The second-order valence-electron chi connectivity index (χ2n) is 4.14. The van der Waals surface area contributed by atoms with E-state index in [1.807, 2.05) is 0 Å². The van der Waals surface area contributed by atoms with Crippen LogP contribution in [0.2, 0.25) is 0 Å². The first kappa shape index (κ1) is 12.3. The second-order valence-corrected chi connectivity index (χ2v) is 4.14. The van der Waals surface area contributed by atoms with Crippen molar-refractivity contribution in [1.29, 1.82) is 0 Å². The summed E-state index contributed by atoms with van der Waals surface area (Å²) in [5.41, 5.74) is 2.81. The predicted molar refractivity (Wildman–Crippen MR) is 65.2 cm³/mol. The third kappa shape index (κ3) is 5.58. The summed E-state index contributed by atoms with van der Waals surface area (Å²) in [4.78, 5) is 0. The number of rotatable bonds is 7. The number of unbranched alkanes of at least 4 members (excludes halogenated alkanes) is 3. The number of hydrogen-bond acceptors (Lipinski definition) is 1. The Morgan fingerprint density at radius 2 is 1.60 bits per heavy atom. The van der Waals surface area contributed by atoms with Crippen LogP contribution in [-0.4, -0.2) is 13.7 Å². The maximum absolute atomic E-state index is 5.02. The van der Waals surface area contributed by atoms with Gasteiger partial charge in [0.05, 0.1) is 0 Å². The molecule has 0 heterocycles. The highest BCUT2D eigenvalue weighted by Gasteiger charge is 1.93. The molecule has 0 atom stereocenters. The van der Waals surface area contributed by atoms with Crippen molar-refractivity contribution in [3.05, 3.63) is 35.4 Å². The first-order valence-electron chi connectivity index (χ1n) is 5.87. The summed E-state index contributed by atoms with van der Waals surface area (Å²) in [7, 11) is 1.77. The van der Waals surface area contributed by atoms with Gasteiger partial charge < -0.3 is 4.74 Å². The van der Waals surface area contributed by atoms with E-state index in [0.717, 1.165) is 6.61 Å². The summed E-state index contributed by atoms with van der Waals surface area (Å²) < 4.78 is 5.02. The van der Waals surface area contributed by atoms with E-state index in [1.54, 1.807) is 7.11 Å². The molecule has 1 aromatic carbocycles. The van der Waals surface area contributed by atoms with Crippen molar-refractivity contribution in [3.63, 3.8) is 0 Å². The Kier molecular flexibility index (Phi) is 6.10. The molecule has 0 aliphatic carbocycles. The van der Waals surface area contributed by atoms with Crippen molar-refractivity contribution in [1.82, 2.24) is 0 Å². The van der Waals surface area contributed by atoms with Gasteiger partial charge in [-0.2, -0.15) is 0 Å². The Morgan fingerprint density at radius 3 is 2.27 bits per heavy atom. The highest BCUT2D eigenvalue weighted by Crippen LogP contribution is 2.09. The fourth-order valence-electron chi connectivity index (χ4n) is 1.68. The molecule has 1 aromatic rings. The van der Waals surface area contributed by atoms with E-state index >= 15 is 0 Å². The number of aryl methyl sites for hydroxylation is 2. The molecule has 0 fully saturated rings. The molecule has 0 aromatic heterocycles. The third-order valence-corrected chi connectivity index (χ3v) is 2.68. The van der Waals surface area contributed by atoms with Gasteiger partial charge in [0.15, 0.2) is 0 Å². The molecular weight excluding hydrogens is 184 g/mol. The van der Waals surface area contributed by atoms with E-state index in [9.17, 15) is 0 Å². The quantitative estimate of drug-likeness (QED) is 0.617. The van der Waals surface area contributed by atoms with Crippen LogP contribution < -0.4 is 0 Å². The Labute approximate surface area is 93.5 Å². The number of benzene rings is 1. The molecule has 84 valence electrons. The first-order chi connectivity index (χ1) is 7.33. The monoisotopic (exact) mass is 206 g/mol. The number of hydrogen-bond donors (Lipinski definition) is 0. The molecule has 1 heteroatoms. The lowest BCUT2D eigenvalue weighted by atomic mass is 10.1. The number of methoxy groups -OCH3 is 1. The molecule has 15 heavy (non-hydrogen) atoms. The van der Waals surface area contributed by atoms with E-state index in [1.165, 1.54) is 43.2 Å². The van der Waals surface area contributed by atoms with Crippen molar-refractivity contribution in [2.75, 3.05) is 13.7 Å². The van der Waals surface area contributed by atoms with Crippen LogP contribution in [0.15, 0.2) is 24.3 Å². The second kappa shape index (κ2) is 7.47. The molecule has 0 spiro atoms. The molecular formula is C14H22O. The van der Waals surface area contributed by atoms with E-state index in [4.69, 9.17) is 4.74 Å². The summed E-state index contributed by atoms with van der Waals surface area (Å²) in [6.07, 6.45) is 6.32. The maximum atomic E-state index is 5.02. The van der Waals surface area contributed by atoms with Crippen molar-refractivity contribution in [3.8, 4) is 0 Å². The minimum Gasteiger partial charge on any atom is -0.385 e. The first-order valence-corrected chi connectivity index (χ1v) is 5.87. The average Bonchev–Trinajstić information content (AvgIpc) is 2.26. The van der Waals surface area contributed by atoms with Crippen molar-refractivity contribution in [2.45, 2.75) is 39.0 Å². The molecule has 0 saturated carbocycles. The highest BCUT2D eigenvalue weighted by atomic mass is 16.5. The topological polar surface area (TPSA) is 9.23 Å². The highest BCUT2D eigenvalue weighted by molar-refractivity contribution is 5.21. The summed E-state index contributed by atoms with van der Waals surface area (Å²) in [5.74, 6) is 0. The molecule has 0 bridgehead atoms. The zero-order valence-electron chi connectivity index (χ0n) is 9.96.